The average molecular weight is 129 g/mol. The molecule has 0 radical (unpaired) electrons. The van der Waals surface area contributed by atoms with Crippen molar-refractivity contribution >= 4 is 0 Å². The maximum atomic E-state index is 8.55. The summed E-state index contributed by atoms with van der Waals surface area (Å²) in [5.74, 6) is -0.270. The van der Waals surface area contributed by atoms with Crippen LogP contribution in [0.5, 0.6) is 0 Å². The molecule has 0 bridgehead atoms. The van der Waals surface area contributed by atoms with Gasteiger partial charge in [-0.1, -0.05) is 0 Å². The fraction of sp³-hybridized carbons (Fsp3) is 0.333. The molecule has 9 heavy (non-hydrogen) atoms. The minimum absolute atomic E-state index is 0.133. The first-order valence-electron chi connectivity index (χ1n) is 2.11. The second-order valence-corrected chi connectivity index (χ2v) is 1.26. The largest absolute Gasteiger partial charge is 0.509 e. The first kappa shape index (κ1) is 7.54. The number of allylic oxidation sites excluding steroid dienone is 1. The van der Waals surface area contributed by atoms with Crippen molar-refractivity contribution in [3.63, 3.8) is 0 Å². The van der Waals surface area contributed by atoms with Crippen molar-refractivity contribution < 1.29 is 5.11 Å². The molecule has 0 saturated carbocycles. The summed E-state index contributed by atoms with van der Waals surface area (Å²) in [5, 5.41) is 17.1. The quantitative estimate of drug-likeness (QED) is 0.295. The van der Waals surface area contributed by atoms with E-state index in [0.717, 1.165) is 0 Å². The molecular weight excluding hydrogens is 122 g/mol. The van der Waals surface area contributed by atoms with Gasteiger partial charge in [0.05, 0.1) is 0 Å². The molecule has 0 aromatic rings. The van der Waals surface area contributed by atoms with E-state index >= 15 is 0 Å². The molecule has 0 atom stereocenters. The predicted molar refractivity (Wildman–Crippen MR) is 29.5 cm³/mol. The number of aliphatic hydroxyl groups is 1. The van der Waals surface area contributed by atoms with Crippen molar-refractivity contribution in [1.82, 2.24) is 0 Å². The lowest BCUT2D eigenvalue weighted by molar-refractivity contribution is 0.404. The van der Waals surface area contributed by atoms with Crippen LogP contribution in [-0.2, 0) is 0 Å². The van der Waals surface area contributed by atoms with Gasteiger partial charge in [0.1, 0.15) is 5.76 Å². The van der Waals surface area contributed by atoms with Gasteiger partial charge in [-0.05, 0) is 17.4 Å². The highest BCUT2D eigenvalue weighted by molar-refractivity contribution is 4.96. The van der Waals surface area contributed by atoms with Crippen molar-refractivity contribution in [2.75, 3.05) is 0 Å². The third-order valence-electron chi connectivity index (χ3n) is 0.568. The predicted octanol–water partition coefficient (Wildman–Crippen LogP) is 1.09. The Balaban J connectivity index is 4.06. The first-order valence-corrected chi connectivity index (χ1v) is 2.11. The molecule has 0 aromatic carbocycles. The Morgan fingerprint density at radius 1 is 1.67 bits per heavy atom. The van der Waals surface area contributed by atoms with E-state index in [1.165, 1.54) is 6.92 Å². The van der Waals surface area contributed by atoms with Crippen molar-refractivity contribution in [3.05, 3.63) is 11.6 Å². The van der Waals surface area contributed by atoms with Crippen LogP contribution in [0.15, 0.2) is 27.1 Å². The highest BCUT2D eigenvalue weighted by Crippen LogP contribution is 1.93. The zero-order chi connectivity index (χ0) is 7.28. The molecule has 6 nitrogen and oxygen atoms in total. The number of hydrogen-bond acceptors (Lipinski definition) is 4. The number of aliphatic hydroxyl groups excluding tert-OH is 1. The Kier molecular flexibility index (Phi) is 2.96. The molecule has 0 unspecified atom stereocenters. The number of nitrogens with one attached hydrogen (secondary N) is 1. The minimum atomic E-state index is -0.137. The van der Waals surface area contributed by atoms with E-state index in [0.29, 0.717) is 0 Å². The normalized spacial score (nSPS) is 13.4. The molecule has 6 heteroatoms. The molecule has 0 spiro atoms. The van der Waals surface area contributed by atoms with Gasteiger partial charge in [0.2, 0.25) is 0 Å². The number of hydrogen-bond donors (Lipinski definition) is 3. The second-order valence-electron chi connectivity index (χ2n) is 1.26. The van der Waals surface area contributed by atoms with Crippen molar-refractivity contribution in [2.45, 2.75) is 6.92 Å². The van der Waals surface area contributed by atoms with E-state index in [1.54, 1.807) is 0 Å². The number of rotatable bonds is 2. The van der Waals surface area contributed by atoms with E-state index in [4.69, 9.17) is 16.4 Å². The fourth-order valence-corrected chi connectivity index (χ4v) is 0.143. The molecule has 0 amide bonds. The zero-order valence-corrected chi connectivity index (χ0v) is 4.87. The van der Waals surface area contributed by atoms with Crippen LogP contribution in [0.1, 0.15) is 6.92 Å². The number of nitrogens with zero attached hydrogens (tertiary/aromatic N) is 3. The molecule has 0 aliphatic heterocycles. The number of nitrogens with two attached hydrogens (primary N) is 1. The van der Waals surface area contributed by atoms with Crippen LogP contribution >= 0.6 is 0 Å². The van der Waals surface area contributed by atoms with Crippen LogP contribution in [0.2, 0.25) is 0 Å². The summed E-state index contributed by atoms with van der Waals surface area (Å²) >= 11 is 0. The summed E-state index contributed by atoms with van der Waals surface area (Å²) in [6.07, 6.45) is 0. The maximum absolute atomic E-state index is 8.55. The Morgan fingerprint density at radius 2 is 2.22 bits per heavy atom. The lowest BCUT2D eigenvalue weighted by atomic mass is 10.6. The highest BCUT2D eigenvalue weighted by Gasteiger charge is 1.88. The first-order chi connectivity index (χ1) is 4.18. The van der Waals surface area contributed by atoms with Crippen LogP contribution in [0.3, 0.4) is 0 Å². The van der Waals surface area contributed by atoms with E-state index in [9.17, 15) is 0 Å². The monoisotopic (exact) mass is 129 g/mol. The lowest BCUT2D eigenvalue weighted by Crippen LogP contribution is -1.95. The molecule has 0 aliphatic carbocycles. The Bertz CT molecular complexity index is 156. The minimum Gasteiger partial charge on any atom is -0.509 e. The summed E-state index contributed by atoms with van der Waals surface area (Å²) in [6, 6.07) is 0. The van der Waals surface area contributed by atoms with E-state index < -0.39 is 0 Å². The van der Waals surface area contributed by atoms with Gasteiger partial charge < -0.3 is 10.8 Å². The molecule has 4 N–H and O–H groups in total. The Morgan fingerprint density at radius 3 is 2.56 bits per heavy atom. The zero-order valence-electron chi connectivity index (χ0n) is 4.87. The molecule has 0 rings (SSSR count). The van der Waals surface area contributed by atoms with Crippen LogP contribution in [0.25, 0.3) is 0 Å². The summed E-state index contributed by atoms with van der Waals surface area (Å²) in [4.78, 5) is 0. The fourth-order valence-electron chi connectivity index (χ4n) is 0.143. The van der Waals surface area contributed by atoms with Crippen LogP contribution < -0.4 is 5.73 Å². The topological polar surface area (TPSA) is 107 Å². The van der Waals surface area contributed by atoms with Crippen LogP contribution in [0.4, 0.5) is 0 Å². The summed E-state index contributed by atoms with van der Waals surface area (Å²) in [6.45, 7) is 1.36. The Hall–Kier alpha value is -1.46. The van der Waals surface area contributed by atoms with Crippen molar-refractivity contribution in [1.29, 1.82) is 5.53 Å². The van der Waals surface area contributed by atoms with Gasteiger partial charge in [0, 0.05) is 0 Å². The molecule has 0 aromatic heterocycles. The van der Waals surface area contributed by atoms with Gasteiger partial charge in [0.25, 0.3) is 0 Å². The standard InChI is InChI=1S/C3H7N5O/c1-2(9)3(4)6-8-7-5/h5,9H,4H2,1H3/b3-2+,7-5?,8-6-. The molecule has 0 heterocycles. The lowest BCUT2D eigenvalue weighted by Gasteiger charge is -1.88. The van der Waals surface area contributed by atoms with E-state index in [1.807, 2.05) is 0 Å². The van der Waals surface area contributed by atoms with Crippen LogP contribution in [-0.4, -0.2) is 5.11 Å². The molecule has 0 fully saturated rings. The second kappa shape index (κ2) is 3.53. The summed E-state index contributed by atoms with van der Waals surface area (Å²) < 4.78 is 0. The molecular formula is C3H7N5O. The van der Waals surface area contributed by atoms with Crippen molar-refractivity contribution in [2.24, 2.45) is 21.3 Å². The third-order valence-corrected chi connectivity index (χ3v) is 0.568. The van der Waals surface area contributed by atoms with Crippen molar-refractivity contribution in [3.8, 4) is 0 Å². The summed E-state index contributed by atoms with van der Waals surface area (Å²) in [5.41, 5.74) is 11.2. The van der Waals surface area contributed by atoms with Gasteiger partial charge in [-0.2, -0.15) is 5.53 Å². The van der Waals surface area contributed by atoms with Crippen LogP contribution in [0, 0.1) is 5.53 Å². The Labute approximate surface area is 51.6 Å². The highest BCUT2D eigenvalue weighted by atomic mass is 16.3. The molecule has 0 saturated heterocycles. The van der Waals surface area contributed by atoms with E-state index in [-0.39, 0.29) is 11.6 Å². The van der Waals surface area contributed by atoms with Gasteiger partial charge in [-0.15, -0.1) is 5.11 Å². The molecule has 50 valence electrons. The van der Waals surface area contributed by atoms with Gasteiger partial charge in [0.15, 0.2) is 5.82 Å². The van der Waals surface area contributed by atoms with Gasteiger partial charge in [-0.3, -0.25) is 0 Å². The molecule has 0 aliphatic rings. The maximum Gasteiger partial charge on any atom is 0.185 e. The average Bonchev–Trinajstić information content (AvgIpc) is 1.82. The van der Waals surface area contributed by atoms with E-state index in [2.05, 4.69) is 15.6 Å². The summed E-state index contributed by atoms with van der Waals surface area (Å²) in [7, 11) is 0. The van der Waals surface area contributed by atoms with Gasteiger partial charge in [-0.25, -0.2) is 0 Å². The third kappa shape index (κ3) is 3.15. The smallest absolute Gasteiger partial charge is 0.185 e. The SMILES string of the molecule is C/C(O)=C(N)\N=N/N=N. The van der Waals surface area contributed by atoms with Gasteiger partial charge >= 0.3 is 0 Å².